The number of piperidine rings is 1. The molecule has 0 aromatic heterocycles. The summed E-state index contributed by atoms with van der Waals surface area (Å²) in [6.45, 7) is 11.2. The molecule has 6 rings (SSSR count). The number of carbonyl (C=O) groups excluding carboxylic acids is 1. The van der Waals surface area contributed by atoms with Gasteiger partial charge < -0.3 is 10.1 Å². The smallest absolute Gasteiger partial charge is 0.133 e. The molecule has 0 bridgehead atoms. The van der Waals surface area contributed by atoms with Gasteiger partial charge in [-0.25, -0.2) is 0 Å². The molecule has 6 aliphatic rings. The summed E-state index contributed by atoms with van der Waals surface area (Å²) < 4.78 is 7.05. The van der Waals surface area contributed by atoms with E-state index in [-0.39, 0.29) is 5.60 Å². The summed E-state index contributed by atoms with van der Waals surface area (Å²) >= 11 is 0. The Morgan fingerprint density at radius 2 is 1.84 bits per heavy atom. The van der Waals surface area contributed by atoms with Gasteiger partial charge in [0.25, 0.3) is 0 Å². The van der Waals surface area contributed by atoms with Crippen LogP contribution in [0.5, 0.6) is 0 Å². The zero-order valence-corrected chi connectivity index (χ0v) is 20.4. The first-order chi connectivity index (χ1) is 14.8. The number of rotatable bonds is 0. The second-order valence-electron chi connectivity index (χ2n) is 13.4. The molecular formula is C28H45NO2. The van der Waals surface area contributed by atoms with Crippen LogP contribution in [-0.2, 0) is 9.53 Å². The Labute approximate surface area is 189 Å². The molecule has 1 N–H and O–H groups in total. The highest BCUT2D eigenvalue weighted by molar-refractivity contribution is 5.79. The summed E-state index contributed by atoms with van der Waals surface area (Å²) in [4.78, 5) is 12.2. The lowest BCUT2D eigenvalue weighted by atomic mass is 9.52. The van der Waals surface area contributed by atoms with Gasteiger partial charge in [0, 0.05) is 24.8 Å². The number of ketones is 1. The van der Waals surface area contributed by atoms with E-state index in [2.05, 4.69) is 33.0 Å². The van der Waals surface area contributed by atoms with Crippen molar-refractivity contribution in [3.05, 3.63) is 0 Å². The van der Waals surface area contributed by atoms with Crippen LogP contribution in [-0.4, -0.2) is 30.1 Å². The maximum absolute atomic E-state index is 12.2. The highest BCUT2D eigenvalue weighted by Gasteiger charge is 2.61. The van der Waals surface area contributed by atoms with Crippen LogP contribution in [0.4, 0.5) is 0 Å². The first-order valence-corrected chi connectivity index (χ1v) is 13.7. The molecule has 4 saturated carbocycles. The molecule has 3 heteroatoms. The SMILES string of the molecule is CC1C[C@]2(CC[C@@H]3C1C[C@H]1[C@H]3CCC3CC(=O)CC[C@@]31C)O[C@@H]1C[C@H](C)CN[C@H]1[C@H]2C. The maximum atomic E-state index is 12.2. The molecule has 12 atom stereocenters. The van der Waals surface area contributed by atoms with Crippen molar-refractivity contribution in [2.75, 3.05) is 6.54 Å². The lowest BCUT2D eigenvalue weighted by molar-refractivity contribution is -0.130. The Bertz CT molecular complexity index is 737. The molecule has 2 heterocycles. The van der Waals surface area contributed by atoms with Crippen LogP contribution in [0, 0.1) is 52.8 Å². The van der Waals surface area contributed by atoms with Gasteiger partial charge in [-0.15, -0.1) is 0 Å². The van der Waals surface area contributed by atoms with Gasteiger partial charge in [0.05, 0.1) is 11.7 Å². The molecule has 2 aliphatic heterocycles. The Morgan fingerprint density at radius 1 is 1.00 bits per heavy atom. The van der Waals surface area contributed by atoms with Gasteiger partial charge in [0.2, 0.25) is 0 Å². The minimum atomic E-state index is 0.115. The van der Waals surface area contributed by atoms with E-state index in [1.807, 2.05) is 0 Å². The fraction of sp³-hybridized carbons (Fsp3) is 0.964. The van der Waals surface area contributed by atoms with Gasteiger partial charge >= 0.3 is 0 Å². The Balaban J connectivity index is 1.23. The highest BCUT2D eigenvalue weighted by Crippen LogP contribution is 2.66. The van der Waals surface area contributed by atoms with E-state index in [0.29, 0.717) is 35.2 Å². The van der Waals surface area contributed by atoms with Gasteiger partial charge in [-0.2, -0.15) is 0 Å². The number of Topliss-reactive ketones (excluding diaryl/α,β-unsaturated/α-hetero) is 1. The highest BCUT2D eigenvalue weighted by atomic mass is 16.5. The van der Waals surface area contributed by atoms with E-state index in [1.54, 1.807) is 0 Å². The predicted molar refractivity (Wildman–Crippen MR) is 124 cm³/mol. The Hall–Kier alpha value is -0.410. The van der Waals surface area contributed by atoms with Crippen molar-refractivity contribution < 1.29 is 9.53 Å². The summed E-state index contributed by atoms with van der Waals surface area (Å²) in [6.07, 6.45) is 12.7. The summed E-state index contributed by atoms with van der Waals surface area (Å²) in [5.41, 5.74) is 0.552. The quantitative estimate of drug-likeness (QED) is 0.545. The standard InChI is InChI=1S/C28H45NO2/c1-16-11-25-26(29-15-16)18(3)28(31-25)10-8-21-22-6-5-19-12-20(30)7-9-27(19,4)24(22)13-23(21)17(2)14-28/h16-19,21-26,29H,5-15H2,1-4H3/t16-,17?,18+,19?,21-,22-,23?,24-,25+,26-,27-,28-/m0/s1. The number of nitrogens with one attached hydrogen (secondary N) is 1. The minimum Gasteiger partial charge on any atom is -0.370 e. The van der Waals surface area contributed by atoms with E-state index in [1.165, 1.54) is 51.4 Å². The maximum Gasteiger partial charge on any atom is 0.133 e. The lowest BCUT2D eigenvalue weighted by Crippen LogP contribution is -2.49. The average molecular weight is 428 g/mol. The molecule has 174 valence electrons. The normalized spacial score (nSPS) is 58.9. The molecule has 0 aromatic carbocycles. The first-order valence-electron chi connectivity index (χ1n) is 13.7. The second kappa shape index (κ2) is 7.29. The monoisotopic (exact) mass is 427 g/mol. The van der Waals surface area contributed by atoms with Crippen molar-refractivity contribution >= 4 is 5.78 Å². The fourth-order valence-electron chi connectivity index (χ4n) is 10.2. The van der Waals surface area contributed by atoms with Crippen LogP contribution in [0.3, 0.4) is 0 Å². The van der Waals surface area contributed by atoms with E-state index in [4.69, 9.17) is 4.74 Å². The van der Waals surface area contributed by atoms with Crippen molar-refractivity contribution in [1.82, 2.24) is 5.32 Å². The third kappa shape index (κ3) is 3.07. The van der Waals surface area contributed by atoms with Gasteiger partial charge in [0.1, 0.15) is 5.78 Å². The van der Waals surface area contributed by atoms with Gasteiger partial charge in [0.15, 0.2) is 0 Å². The van der Waals surface area contributed by atoms with Gasteiger partial charge in [-0.3, -0.25) is 4.79 Å². The van der Waals surface area contributed by atoms with Crippen molar-refractivity contribution in [1.29, 1.82) is 0 Å². The number of fused-ring (bicyclic) bond motifs is 6. The summed E-state index contributed by atoms with van der Waals surface area (Å²) in [7, 11) is 0. The Kier molecular flexibility index (Phi) is 4.97. The predicted octanol–water partition coefficient (Wildman–Crippen LogP) is 5.62. The van der Waals surface area contributed by atoms with Gasteiger partial charge in [-0.1, -0.05) is 27.7 Å². The zero-order chi connectivity index (χ0) is 21.5. The molecule has 3 unspecified atom stereocenters. The molecule has 6 fully saturated rings. The number of hydrogen-bond donors (Lipinski definition) is 1. The molecular weight excluding hydrogens is 382 g/mol. The van der Waals surface area contributed by atoms with Crippen LogP contribution < -0.4 is 5.32 Å². The molecule has 0 radical (unpaired) electrons. The van der Waals surface area contributed by atoms with E-state index in [9.17, 15) is 4.79 Å². The average Bonchev–Trinajstić information content (AvgIpc) is 3.19. The molecule has 4 aliphatic carbocycles. The van der Waals surface area contributed by atoms with Crippen LogP contribution >= 0.6 is 0 Å². The molecule has 31 heavy (non-hydrogen) atoms. The fourth-order valence-corrected chi connectivity index (χ4v) is 10.2. The van der Waals surface area contributed by atoms with Crippen molar-refractivity contribution in [2.24, 2.45) is 52.8 Å². The second-order valence-corrected chi connectivity index (χ2v) is 13.4. The van der Waals surface area contributed by atoms with E-state index in [0.717, 1.165) is 54.9 Å². The first kappa shape index (κ1) is 21.1. The van der Waals surface area contributed by atoms with E-state index >= 15 is 0 Å². The molecule has 1 spiro atoms. The van der Waals surface area contributed by atoms with Crippen LogP contribution in [0.25, 0.3) is 0 Å². The molecule has 3 nitrogen and oxygen atoms in total. The van der Waals surface area contributed by atoms with Crippen molar-refractivity contribution in [2.45, 2.75) is 110 Å². The molecule has 0 amide bonds. The number of ether oxygens (including phenoxy) is 1. The summed E-state index contributed by atoms with van der Waals surface area (Å²) in [5.74, 6) is 6.93. The van der Waals surface area contributed by atoms with E-state index < -0.39 is 0 Å². The lowest BCUT2D eigenvalue weighted by Gasteiger charge is -2.52. The van der Waals surface area contributed by atoms with Gasteiger partial charge in [-0.05, 0) is 105 Å². The van der Waals surface area contributed by atoms with Crippen LogP contribution in [0.15, 0.2) is 0 Å². The topological polar surface area (TPSA) is 38.3 Å². The van der Waals surface area contributed by atoms with Crippen LogP contribution in [0.2, 0.25) is 0 Å². The number of hydrogen-bond acceptors (Lipinski definition) is 3. The molecule has 0 aromatic rings. The minimum absolute atomic E-state index is 0.115. The summed E-state index contributed by atoms with van der Waals surface area (Å²) in [6, 6.07) is 0.572. The molecule has 2 saturated heterocycles. The van der Waals surface area contributed by atoms with Crippen molar-refractivity contribution in [3.8, 4) is 0 Å². The third-order valence-corrected chi connectivity index (χ3v) is 12.0. The zero-order valence-electron chi connectivity index (χ0n) is 20.4. The van der Waals surface area contributed by atoms with Crippen LogP contribution in [0.1, 0.15) is 91.9 Å². The van der Waals surface area contributed by atoms with Crippen molar-refractivity contribution in [3.63, 3.8) is 0 Å². The summed E-state index contributed by atoms with van der Waals surface area (Å²) in [5, 5.41) is 3.87. The largest absolute Gasteiger partial charge is 0.370 e. The third-order valence-electron chi connectivity index (χ3n) is 12.0. The number of carbonyl (C=O) groups is 1. The Morgan fingerprint density at radius 3 is 2.68 bits per heavy atom.